The summed E-state index contributed by atoms with van der Waals surface area (Å²) >= 11 is 0. The molecular formula is C13H18N4O2. The van der Waals surface area contributed by atoms with Crippen molar-refractivity contribution < 1.29 is 9.59 Å². The molecule has 0 aliphatic heterocycles. The molecule has 1 heterocycles. The Labute approximate surface area is 111 Å². The summed E-state index contributed by atoms with van der Waals surface area (Å²) < 4.78 is 1.81. The highest BCUT2D eigenvalue weighted by molar-refractivity contribution is 5.92. The molecule has 102 valence electrons. The van der Waals surface area contributed by atoms with Crippen molar-refractivity contribution in [3.05, 3.63) is 24.5 Å². The first-order valence-corrected chi connectivity index (χ1v) is 6.34. The highest BCUT2D eigenvalue weighted by Crippen LogP contribution is 2.43. The largest absolute Gasteiger partial charge is 0.352 e. The molecule has 2 amide bonds. The first kappa shape index (κ1) is 13.3. The van der Waals surface area contributed by atoms with Crippen molar-refractivity contribution in [3.8, 4) is 0 Å². The highest BCUT2D eigenvalue weighted by atomic mass is 16.2. The van der Waals surface area contributed by atoms with Gasteiger partial charge in [0.15, 0.2) is 0 Å². The third-order valence-electron chi connectivity index (χ3n) is 3.06. The molecule has 0 saturated heterocycles. The predicted octanol–water partition coefficient (Wildman–Crippen LogP) is 0.928. The summed E-state index contributed by atoms with van der Waals surface area (Å²) in [5.74, 6) is 0.121. The van der Waals surface area contributed by atoms with E-state index in [9.17, 15) is 9.59 Å². The number of anilines is 1. The maximum absolute atomic E-state index is 11.8. The highest BCUT2D eigenvalue weighted by Gasteiger charge is 2.29. The van der Waals surface area contributed by atoms with Crippen LogP contribution in [0.5, 0.6) is 0 Å². The third-order valence-corrected chi connectivity index (χ3v) is 3.06. The second-order valence-corrected chi connectivity index (χ2v) is 4.63. The number of carbonyl (C=O) groups is 2. The van der Waals surface area contributed by atoms with Crippen molar-refractivity contribution in [2.24, 2.45) is 7.05 Å². The number of aromatic nitrogens is 2. The van der Waals surface area contributed by atoms with Crippen LogP contribution in [-0.4, -0.2) is 28.1 Å². The molecule has 1 aliphatic rings. The number of carbonyl (C=O) groups excluding carboxylic acids is 2. The topological polar surface area (TPSA) is 76.0 Å². The van der Waals surface area contributed by atoms with Gasteiger partial charge in [-0.3, -0.25) is 14.3 Å². The zero-order valence-electron chi connectivity index (χ0n) is 11.0. The van der Waals surface area contributed by atoms with Crippen LogP contribution < -0.4 is 10.6 Å². The average Bonchev–Trinajstić information content (AvgIpc) is 3.15. The monoisotopic (exact) mass is 262 g/mol. The van der Waals surface area contributed by atoms with Crippen molar-refractivity contribution >= 4 is 17.5 Å². The van der Waals surface area contributed by atoms with Crippen LogP contribution in [0.3, 0.4) is 0 Å². The Balaban J connectivity index is 1.85. The van der Waals surface area contributed by atoms with Crippen molar-refractivity contribution in [3.63, 3.8) is 0 Å². The minimum absolute atomic E-state index is 0.126. The fraction of sp³-hybridized carbons (Fsp3) is 0.462. The summed E-state index contributed by atoms with van der Waals surface area (Å²) in [5.41, 5.74) is 1.87. The van der Waals surface area contributed by atoms with Gasteiger partial charge < -0.3 is 10.6 Å². The van der Waals surface area contributed by atoms with Gasteiger partial charge in [-0.05, 0) is 18.9 Å². The minimum atomic E-state index is -0.271. The van der Waals surface area contributed by atoms with Crippen LogP contribution in [0.2, 0.25) is 0 Å². The standard InChI is InChI=1S/C13H18N4O2/c1-3-11(18)14-7-6-12(19)16-10-8-15-17(2)13(10)9-4-5-9/h3,8-9H,1,4-7H2,2H3,(H,14,18)(H,16,19). The van der Waals surface area contributed by atoms with Gasteiger partial charge in [0.1, 0.15) is 0 Å². The molecule has 0 unspecified atom stereocenters. The van der Waals surface area contributed by atoms with E-state index in [-0.39, 0.29) is 18.2 Å². The Morgan fingerprint density at radius 3 is 2.95 bits per heavy atom. The van der Waals surface area contributed by atoms with Crippen molar-refractivity contribution in [1.29, 1.82) is 0 Å². The maximum Gasteiger partial charge on any atom is 0.243 e. The molecule has 1 aromatic rings. The van der Waals surface area contributed by atoms with Crippen LogP contribution in [0.25, 0.3) is 0 Å². The van der Waals surface area contributed by atoms with Crippen LogP contribution in [0, 0.1) is 0 Å². The van der Waals surface area contributed by atoms with Crippen LogP contribution in [0.15, 0.2) is 18.9 Å². The van der Waals surface area contributed by atoms with E-state index in [2.05, 4.69) is 22.3 Å². The second-order valence-electron chi connectivity index (χ2n) is 4.63. The first-order chi connectivity index (χ1) is 9.11. The van der Waals surface area contributed by atoms with Crippen LogP contribution in [0.1, 0.15) is 30.9 Å². The molecule has 6 nitrogen and oxygen atoms in total. The summed E-state index contributed by atoms with van der Waals surface area (Å²) in [7, 11) is 1.88. The molecule has 0 bridgehead atoms. The third kappa shape index (κ3) is 3.43. The van der Waals surface area contributed by atoms with Gasteiger partial charge in [0.05, 0.1) is 17.6 Å². The van der Waals surface area contributed by atoms with Crippen LogP contribution >= 0.6 is 0 Å². The van der Waals surface area contributed by atoms with Gasteiger partial charge in [0.2, 0.25) is 11.8 Å². The number of nitrogens with zero attached hydrogens (tertiary/aromatic N) is 2. The predicted molar refractivity (Wildman–Crippen MR) is 71.6 cm³/mol. The molecular weight excluding hydrogens is 244 g/mol. The lowest BCUT2D eigenvalue weighted by Crippen LogP contribution is -2.26. The average molecular weight is 262 g/mol. The normalized spacial score (nSPS) is 13.9. The lowest BCUT2D eigenvalue weighted by atomic mass is 10.2. The Bertz CT molecular complexity index is 503. The summed E-state index contributed by atoms with van der Waals surface area (Å²) in [6, 6.07) is 0. The number of rotatable bonds is 6. The van der Waals surface area contributed by atoms with E-state index in [4.69, 9.17) is 0 Å². The van der Waals surface area contributed by atoms with E-state index >= 15 is 0 Å². The second kappa shape index (κ2) is 5.69. The summed E-state index contributed by atoms with van der Waals surface area (Å²) in [6.45, 7) is 3.64. The lowest BCUT2D eigenvalue weighted by molar-refractivity contribution is -0.117. The van der Waals surface area contributed by atoms with Gasteiger partial charge in [0.25, 0.3) is 0 Å². The number of hydrogen-bond acceptors (Lipinski definition) is 3. The summed E-state index contributed by atoms with van der Waals surface area (Å²) in [6.07, 6.45) is 5.40. The molecule has 0 atom stereocenters. The first-order valence-electron chi connectivity index (χ1n) is 6.34. The van der Waals surface area contributed by atoms with E-state index in [1.54, 1.807) is 6.20 Å². The number of amides is 2. The molecule has 2 rings (SSSR count). The fourth-order valence-corrected chi connectivity index (χ4v) is 1.97. The fourth-order valence-electron chi connectivity index (χ4n) is 1.97. The van der Waals surface area contributed by atoms with Gasteiger partial charge in [-0.15, -0.1) is 0 Å². The molecule has 0 radical (unpaired) electrons. The van der Waals surface area contributed by atoms with Crippen LogP contribution in [0.4, 0.5) is 5.69 Å². The molecule has 6 heteroatoms. The minimum Gasteiger partial charge on any atom is -0.352 e. The SMILES string of the molecule is C=CC(=O)NCCC(=O)Nc1cnn(C)c1C1CC1. The quantitative estimate of drug-likeness (QED) is 0.749. The Morgan fingerprint density at radius 1 is 1.58 bits per heavy atom. The summed E-state index contributed by atoms with van der Waals surface area (Å²) in [5, 5.41) is 9.58. The molecule has 1 aliphatic carbocycles. The van der Waals surface area contributed by atoms with E-state index in [0.29, 0.717) is 12.5 Å². The van der Waals surface area contributed by atoms with Gasteiger partial charge in [-0.1, -0.05) is 6.58 Å². The molecule has 1 aromatic heterocycles. The van der Waals surface area contributed by atoms with Crippen molar-refractivity contribution in [2.45, 2.75) is 25.2 Å². The Kier molecular flexibility index (Phi) is 3.99. The van der Waals surface area contributed by atoms with Gasteiger partial charge >= 0.3 is 0 Å². The number of nitrogens with one attached hydrogen (secondary N) is 2. The van der Waals surface area contributed by atoms with Crippen molar-refractivity contribution in [2.75, 3.05) is 11.9 Å². The van der Waals surface area contributed by atoms with E-state index in [0.717, 1.165) is 24.2 Å². The molecule has 19 heavy (non-hydrogen) atoms. The zero-order chi connectivity index (χ0) is 13.8. The Morgan fingerprint density at radius 2 is 2.32 bits per heavy atom. The van der Waals surface area contributed by atoms with E-state index in [1.165, 1.54) is 6.08 Å². The lowest BCUT2D eigenvalue weighted by Gasteiger charge is -2.07. The maximum atomic E-state index is 11.8. The molecule has 2 N–H and O–H groups in total. The molecule has 0 aromatic carbocycles. The molecule has 1 saturated carbocycles. The summed E-state index contributed by atoms with van der Waals surface area (Å²) in [4.78, 5) is 22.7. The van der Waals surface area contributed by atoms with E-state index in [1.807, 2.05) is 11.7 Å². The smallest absolute Gasteiger partial charge is 0.243 e. The van der Waals surface area contributed by atoms with Gasteiger partial charge in [-0.2, -0.15) is 5.10 Å². The van der Waals surface area contributed by atoms with Crippen molar-refractivity contribution in [1.82, 2.24) is 15.1 Å². The van der Waals surface area contributed by atoms with E-state index < -0.39 is 0 Å². The molecule has 0 spiro atoms. The number of hydrogen-bond donors (Lipinski definition) is 2. The van der Waals surface area contributed by atoms with Gasteiger partial charge in [0, 0.05) is 25.9 Å². The zero-order valence-corrected chi connectivity index (χ0v) is 11.0. The Hall–Kier alpha value is -2.11. The number of aryl methyl sites for hydroxylation is 1. The van der Waals surface area contributed by atoms with Crippen LogP contribution in [-0.2, 0) is 16.6 Å². The van der Waals surface area contributed by atoms with Gasteiger partial charge in [-0.25, -0.2) is 0 Å². The molecule has 1 fully saturated rings.